The Balaban J connectivity index is 6.04. The van der Waals surface area contributed by atoms with Gasteiger partial charge < -0.3 is 0 Å². The van der Waals surface area contributed by atoms with Crippen LogP contribution in [0.25, 0.3) is 0 Å². The molecule has 0 saturated heterocycles. The maximum absolute atomic E-state index is 13.8. The summed E-state index contributed by atoms with van der Waals surface area (Å²) in [6.45, 7) is 5.87. The van der Waals surface area contributed by atoms with E-state index in [1.807, 2.05) is 0 Å². The van der Waals surface area contributed by atoms with Gasteiger partial charge in [0.05, 0.1) is 0 Å². The number of rotatable bonds is 10. The fraction of sp³-hybridized carbons (Fsp3) is 0.929. The highest BCUT2D eigenvalue weighted by Crippen LogP contribution is 2.55. The predicted octanol–water partition coefficient (Wildman–Crippen LogP) is 4.71. The van der Waals surface area contributed by atoms with E-state index in [0.717, 1.165) is 0 Å². The van der Waals surface area contributed by atoms with Crippen molar-refractivity contribution in [1.82, 2.24) is 0 Å². The van der Waals surface area contributed by atoms with E-state index in [4.69, 9.17) is 0 Å². The second-order valence-electron chi connectivity index (χ2n) is 7.26. The molecule has 0 heterocycles. The van der Waals surface area contributed by atoms with E-state index in [9.17, 15) is 52.7 Å². The first-order chi connectivity index (χ1) is 12.5. The summed E-state index contributed by atoms with van der Waals surface area (Å²) in [5, 5.41) is -6.93. The second kappa shape index (κ2) is 8.81. The highest BCUT2D eigenvalue weighted by molar-refractivity contribution is 8.03. The summed E-state index contributed by atoms with van der Waals surface area (Å²) >= 11 is -2.30. The van der Waals surface area contributed by atoms with Gasteiger partial charge in [0.1, 0.15) is 5.75 Å². The lowest BCUT2D eigenvalue weighted by atomic mass is 10.0. The third-order valence-corrected chi connectivity index (χ3v) is 7.26. The number of hydrogen-bond donors (Lipinski definition) is 0. The molecule has 0 bridgehead atoms. The first-order valence-corrected chi connectivity index (χ1v) is 10.8. The van der Waals surface area contributed by atoms with Gasteiger partial charge >= 0.3 is 33.4 Å². The third-order valence-electron chi connectivity index (χ3n) is 3.06. The van der Waals surface area contributed by atoms with Crippen LogP contribution in [0, 0.1) is 5.41 Å². The lowest BCUT2D eigenvalue weighted by Crippen LogP contribution is -2.63. The molecule has 0 aromatic carbocycles. The summed E-state index contributed by atoms with van der Waals surface area (Å²) < 4.78 is 144. The lowest BCUT2D eigenvalue weighted by Gasteiger charge is -2.32. The van der Waals surface area contributed by atoms with Crippen LogP contribution in [0.5, 0.6) is 0 Å². The molecule has 0 rings (SSSR count). The van der Waals surface area contributed by atoms with Gasteiger partial charge in [0.25, 0.3) is 0 Å². The zero-order valence-corrected chi connectivity index (χ0v) is 17.3. The molecular weight excluding hydrogens is 467 g/mol. The average Bonchev–Trinajstić information content (AvgIpc) is 2.42. The van der Waals surface area contributed by atoms with Gasteiger partial charge in [0.15, 0.2) is 17.0 Å². The van der Waals surface area contributed by atoms with E-state index in [2.05, 4.69) is 3.63 Å². The Hall–Kier alpha value is -0.700. The average molecular weight is 487 g/mol. The smallest absolute Gasteiger partial charge is 0.294 e. The summed E-state index contributed by atoms with van der Waals surface area (Å²) in [5.74, 6) is -16.7. The summed E-state index contributed by atoms with van der Waals surface area (Å²) in [6, 6.07) is 0. The number of carbonyl (C=O) groups excluding carboxylic acids is 1. The molecule has 1 unspecified atom stereocenters. The van der Waals surface area contributed by atoms with Gasteiger partial charge in [0, 0.05) is 11.8 Å². The minimum Gasteiger partial charge on any atom is -0.294 e. The normalized spacial score (nSPS) is 16.0. The van der Waals surface area contributed by atoms with Crippen LogP contribution in [0.4, 0.5) is 39.5 Å². The van der Waals surface area contributed by atoms with Crippen LogP contribution in [-0.2, 0) is 29.7 Å². The van der Waals surface area contributed by atoms with Crippen molar-refractivity contribution in [2.75, 3.05) is 11.5 Å². The Morgan fingerprint density at radius 3 is 1.69 bits per heavy atom. The summed E-state index contributed by atoms with van der Waals surface area (Å²) in [5.41, 5.74) is -0.890. The molecule has 174 valence electrons. The number of halogens is 9. The van der Waals surface area contributed by atoms with Gasteiger partial charge in [-0.1, -0.05) is 27.7 Å². The molecule has 0 radical (unpaired) electrons. The molecular formula is C14H20F9O4S2+. The quantitative estimate of drug-likeness (QED) is 0.331. The molecule has 0 fully saturated rings. The largest absolute Gasteiger partial charge is 0.460 e. The molecule has 0 aliphatic rings. The summed E-state index contributed by atoms with van der Waals surface area (Å²) in [4.78, 5) is 11.7. The summed E-state index contributed by atoms with van der Waals surface area (Å²) in [7, 11) is -7.00. The van der Waals surface area contributed by atoms with Crippen LogP contribution in [0.2, 0.25) is 0 Å². The Bertz CT molecular complexity index is 682. The van der Waals surface area contributed by atoms with Gasteiger partial charge in [-0.15, -0.1) is 0 Å². The van der Waals surface area contributed by atoms with Crippen molar-refractivity contribution in [3.63, 3.8) is 0 Å². The fourth-order valence-corrected chi connectivity index (χ4v) is 5.55. The minimum atomic E-state index is -7.37. The predicted molar refractivity (Wildman–Crippen MR) is 87.4 cm³/mol. The van der Waals surface area contributed by atoms with Gasteiger partial charge in [0.2, 0.25) is 5.75 Å². The molecule has 0 saturated carbocycles. The van der Waals surface area contributed by atoms with E-state index in [1.165, 1.54) is 20.8 Å². The van der Waals surface area contributed by atoms with Crippen LogP contribution in [-0.4, -0.2) is 49.0 Å². The maximum atomic E-state index is 13.8. The highest BCUT2D eigenvalue weighted by atomic mass is 32.3. The monoisotopic (exact) mass is 487 g/mol. The number of ketones is 1. The van der Waals surface area contributed by atoms with Crippen molar-refractivity contribution in [2.24, 2.45) is 5.41 Å². The maximum Gasteiger partial charge on any atom is 0.460 e. The molecule has 0 N–H and O–H groups in total. The van der Waals surface area contributed by atoms with E-state index in [1.54, 1.807) is 6.92 Å². The van der Waals surface area contributed by atoms with Crippen molar-refractivity contribution >= 4 is 27.1 Å². The lowest BCUT2D eigenvalue weighted by molar-refractivity contribution is -0.382. The summed E-state index contributed by atoms with van der Waals surface area (Å²) in [6.07, 6.45) is -7.04. The Morgan fingerprint density at radius 1 is 0.897 bits per heavy atom. The first-order valence-electron chi connectivity index (χ1n) is 7.87. The fourth-order valence-electron chi connectivity index (χ4n) is 1.80. The van der Waals surface area contributed by atoms with Gasteiger partial charge in [-0.3, -0.25) is 4.79 Å². The van der Waals surface area contributed by atoms with Crippen LogP contribution in [0.3, 0.4) is 0 Å². The van der Waals surface area contributed by atoms with Crippen LogP contribution in [0.1, 0.15) is 40.5 Å². The standard InChI is InChI=1S/C14H20F9O4S2/c1-5-6-9(24)7-28(8-10(2,3)4)27-29(25,26)14(22,23)12(17,18)11(15,16)13(19,20)21/h5-8H2,1-4H3/q+1. The van der Waals surface area contributed by atoms with Crippen molar-refractivity contribution in [2.45, 2.75) is 63.8 Å². The van der Waals surface area contributed by atoms with Crippen molar-refractivity contribution < 1.29 is 56.4 Å². The third kappa shape index (κ3) is 6.39. The van der Waals surface area contributed by atoms with Gasteiger partial charge in [-0.2, -0.15) is 47.9 Å². The van der Waals surface area contributed by atoms with Crippen LogP contribution >= 0.6 is 0 Å². The molecule has 0 spiro atoms. The van der Waals surface area contributed by atoms with Crippen molar-refractivity contribution in [3.8, 4) is 0 Å². The number of carbonyl (C=O) groups is 1. The Labute approximate surface area is 164 Å². The number of alkyl halides is 9. The minimum absolute atomic E-state index is 0.143. The van der Waals surface area contributed by atoms with Crippen LogP contribution in [0.15, 0.2) is 0 Å². The molecule has 0 aliphatic carbocycles. The zero-order valence-electron chi connectivity index (χ0n) is 15.7. The Kier molecular flexibility index (Phi) is 8.60. The van der Waals surface area contributed by atoms with E-state index >= 15 is 0 Å². The molecule has 15 heteroatoms. The van der Waals surface area contributed by atoms with Crippen molar-refractivity contribution in [3.05, 3.63) is 0 Å². The van der Waals surface area contributed by atoms with Crippen molar-refractivity contribution in [1.29, 1.82) is 0 Å². The van der Waals surface area contributed by atoms with Gasteiger partial charge in [-0.25, -0.2) is 0 Å². The topological polar surface area (TPSA) is 60.4 Å². The van der Waals surface area contributed by atoms with E-state index < -0.39 is 67.3 Å². The molecule has 29 heavy (non-hydrogen) atoms. The molecule has 1 atom stereocenters. The first kappa shape index (κ1) is 28.3. The van der Waals surface area contributed by atoms with E-state index in [-0.39, 0.29) is 12.8 Å². The highest BCUT2D eigenvalue weighted by Gasteiger charge is 2.86. The molecule has 0 aromatic rings. The second-order valence-corrected chi connectivity index (χ2v) is 10.7. The molecule has 4 nitrogen and oxygen atoms in total. The number of hydrogen-bond acceptors (Lipinski definition) is 4. The molecule has 0 aromatic heterocycles. The molecule has 0 aliphatic heterocycles. The Morgan fingerprint density at radius 2 is 1.34 bits per heavy atom. The SMILES string of the molecule is CCCC(=O)C[S+](CC(C)(C)C)OS(=O)(=O)C(F)(F)C(F)(F)C(F)(F)C(F)(F)F. The molecule has 0 amide bonds. The number of Topliss-reactive ketones (excluding diaryl/α,β-unsaturated/α-hetero) is 1. The van der Waals surface area contributed by atoms with E-state index in [0.29, 0.717) is 0 Å². The van der Waals surface area contributed by atoms with Gasteiger partial charge in [-0.05, 0) is 10.1 Å². The zero-order chi connectivity index (χ0) is 23.7. The van der Waals surface area contributed by atoms with Crippen LogP contribution < -0.4 is 0 Å².